The number of oxime groups is 1. The predicted octanol–water partition coefficient (Wildman–Crippen LogP) is 1.86. The number of benzene rings is 1. The summed E-state index contributed by atoms with van der Waals surface area (Å²) in [4.78, 5) is 13.3. The first-order valence-corrected chi connectivity index (χ1v) is 6.90. The van der Waals surface area contributed by atoms with Gasteiger partial charge in [0.05, 0.1) is 0 Å². The Morgan fingerprint density at radius 2 is 2.05 bits per heavy atom. The molecule has 0 fully saturated rings. The number of rotatable bonds is 9. The summed E-state index contributed by atoms with van der Waals surface area (Å²) in [5, 5.41) is 13.5. The van der Waals surface area contributed by atoms with Crippen molar-refractivity contribution in [2.45, 2.75) is 25.8 Å². The van der Waals surface area contributed by atoms with Crippen LogP contribution in [0.15, 0.2) is 35.5 Å². The van der Waals surface area contributed by atoms with Crippen molar-refractivity contribution in [3.05, 3.63) is 35.9 Å². The molecule has 5 nitrogen and oxygen atoms in total. The molecule has 0 aliphatic heterocycles. The minimum atomic E-state index is -0.353. The van der Waals surface area contributed by atoms with Gasteiger partial charge in [-0.05, 0) is 32.0 Å². The maximum Gasteiger partial charge on any atom is 0.265 e. The molecule has 110 valence electrons. The fourth-order valence-electron chi connectivity index (χ4n) is 1.97. The van der Waals surface area contributed by atoms with Gasteiger partial charge in [-0.25, -0.2) is 0 Å². The molecule has 5 heteroatoms. The topological polar surface area (TPSA) is 64.9 Å². The van der Waals surface area contributed by atoms with E-state index in [9.17, 15) is 4.79 Å². The molecule has 2 N–H and O–H groups in total. The molecule has 1 amide bonds. The van der Waals surface area contributed by atoms with Gasteiger partial charge in [-0.3, -0.25) is 4.79 Å². The van der Waals surface area contributed by atoms with Crippen LogP contribution in [-0.2, 0) is 11.3 Å². The van der Waals surface area contributed by atoms with E-state index in [1.807, 2.05) is 6.07 Å². The van der Waals surface area contributed by atoms with Crippen LogP contribution < -0.4 is 5.32 Å². The molecule has 0 aliphatic carbocycles. The van der Waals surface area contributed by atoms with Crippen LogP contribution in [0, 0.1) is 0 Å². The maximum absolute atomic E-state index is 11.0. The Morgan fingerprint density at radius 1 is 1.30 bits per heavy atom. The van der Waals surface area contributed by atoms with E-state index in [1.54, 1.807) is 0 Å². The average molecular weight is 277 g/mol. The monoisotopic (exact) mass is 277 g/mol. The Labute approximate surface area is 120 Å². The van der Waals surface area contributed by atoms with Crippen LogP contribution in [0.2, 0.25) is 0 Å². The van der Waals surface area contributed by atoms with Gasteiger partial charge in [0.2, 0.25) is 0 Å². The Hall–Kier alpha value is -1.88. The van der Waals surface area contributed by atoms with Gasteiger partial charge in [-0.15, -0.1) is 0 Å². The van der Waals surface area contributed by atoms with Gasteiger partial charge < -0.3 is 15.4 Å². The Kier molecular flexibility index (Phi) is 8.07. The third-order valence-corrected chi connectivity index (χ3v) is 2.99. The molecule has 0 spiro atoms. The van der Waals surface area contributed by atoms with Gasteiger partial charge >= 0.3 is 0 Å². The van der Waals surface area contributed by atoms with Crippen molar-refractivity contribution >= 4 is 12.1 Å². The van der Waals surface area contributed by atoms with E-state index < -0.39 is 0 Å². The fourth-order valence-corrected chi connectivity index (χ4v) is 1.97. The van der Waals surface area contributed by atoms with Crippen LogP contribution in [-0.4, -0.2) is 42.4 Å². The number of amides is 1. The molecule has 20 heavy (non-hydrogen) atoms. The molecule has 1 aromatic carbocycles. The highest BCUT2D eigenvalue weighted by Gasteiger charge is 2.00. The summed E-state index contributed by atoms with van der Waals surface area (Å²) in [5.74, 6) is -0.353. The van der Waals surface area contributed by atoms with Crippen LogP contribution in [0.25, 0.3) is 0 Å². The summed E-state index contributed by atoms with van der Waals surface area (Å²) in [7, 11) is 2.12. The molecule has 0 bridgehead atoms. The molecule has 0 unspecified atom stereocenters. The van der Waals surface area contributed by atoms with E-state index in [4.69, 9.17) is 5.21 Å². The lowest BCUT2D eigenvalue weighted by Crippen LogP contribution is -2.25. The summed E-state index contributed by atoms with van der Waals surface area (Å²) in [6.45, 7) is 2.62. The largest absolute Gasteiger partial charge is 0.411 e. The van der Waals surface area contributed by atoms with Crippen molar-refractivity contribution in [2.24, 2.45) is 5.16 Å². The van der Waals surface area contributed by atoms with E-state index in [1.165, 1.54) is 5.56 Å². The second kappa shape index (κ2) is 9.97. The summed E-state index contributed by atoms with van der Waals surface area (Å²) in [5.41, 5.74) is 1.32. The lowest BCUT2D eigenvalue weighted by molar-refractivity contribution is -0.114. The van der Waals surface area contributed by atoms with E-state index in [0.717, 1.165) is 38.6 Å². The van der Waals surface area contributed by atoms with Gasteiger partial charge in [0, 0.05) is 13.1 Å². The summed E-state index contributed by atoms with van der Waals surface area (Å²) in [6.07, 6.45) is 3.97. The zero-order valence-electron chi connectivity index (χ0n) is 12.0. The normalized spacial score (nSPS) is 11.1. The molecule has 1 aromatic rings. The number of carbonyl (C=O) groups is 1. The van der Waals surface area contributed by atoms with Crippen molar-refractivity contribution in [2.75, 3.05) is 20.1 Å². The molecule has 0 atom stereocenters. The molecule has 0 aromatic heterocycles. The van der Waals surface area contributed by atoms with Gasteiger partial charge in [0.15, 0.2) is 0 Å². The third-order valence-electron chi connectivity index (χ3n) is 2.99. The first-order valence-electron chi connectivity index (χ1n) is 6.90. The van der Waals surface area contributed by atoms with Crippen LogP contribution in [0.5, 0.6) is 0 Å². The molecule has 0 heterocycles. The first kappa shape index (κ1) is 16.2. The second-order valence-corrected chi connectivity index (χ2v) is 4.82. The van der Waals surface area contributed by atoms with Crippen molar-refractivity contribution < 1.29 is 10.0 Å². The van der Waals surface area contributed by atoms with Crippen LogP contribution in [0.1, 0.15) is 24.8 Å². The zero-order valence-corrected chi connectivity index (χ0v) is 12.0. The predicted molar refractivity (Wildman–Crippen MR) is 79.9 cm³/mol. The van der Waals surface area contributed by atoms with Crippen LogP contribution in [0.4, 0.5) is 0 Å². The number of hydrogen-bond acceptors (Lipinski definition) is 4. The highest BCUT2D eigenvalue weighted by atomic mass is 16.4. The van der Waals surface area contributed by atoms with E-state index in [2.05, 4.69) is 46.7 Å². The molecular weight excluding hydrogens is 254 g/mol. The number of carbonyl (C=O) groups excluding carboxylic acids is 1. The Balaban J connectivity index is 2.02. The number of nitrogens with one attached hydrogen (secondary N) is 1. The average Bonchev–Trinajstić information content (AvgIpc) is 2.44. The Bertz CT molecular complexity index is 407. The van der Waals surface area contributed by atoms with Crippen molar-refractivity contribution in [1.82, 2.24) is 10.2 Å². The smallest absolute Gasteiger partial charge is 0.265 e. The Morgan fingerprint density at radius 3 is 2.75 bits per heavy atom. The summed E-state index contributed by atoms with van der Waals surface area (Å²) < 4.78 is 0. The molecule has 0 saturated carbocycles. The van der Waals surface area contributed by atoms with Gasteiger partial charge in [-0.1, -0.05) is 41.9 Å². The van der Waals surface area contributed by atoms with Gasteiger partial charge in [0.25, 0.3) is 5.91 Å². The minimum Gasteiger partial charge on any atom is -0.411 e. The zero-order chi connectivity index (χ0) is 14.6. The quantitative estimate of drug-likeness (QED) is 0.313. The van der Waals surface area contributed by atoms with Crippen molar-refractivity contribution in [3.63, 3.8) is 0 Å². The number of unbranched alkanes of at least 4 members (excludes halogenated alkanes) is 2. The molecule has 0 radical (unpaired) electrons. The highest BCUT2D eigenvalue weighted by Crippen LogP contribution is 2.04. The second-order valence-electron chi connectivity index (χ2n) is 4.82. The van der Waals surface area contributed by atoms with E-state index in [0.29, 0.717) is 6.54 Å². The van der Waals surface area contributed by atoms with Crippen molar-refractivity contribution in [3.8, 4) is 0 Å². The standard InChI is InChI=1S/C15H23N3O2/c1-18(13-14-8-4-2-5-9-14)11-7-3-6-10-16-15(19)12-17-20/h2,4-5,8-9,12,20H,3,6-7,10-11,13H2,1H3,(H,16,19)/b17-12-. The first-order chi connectivity index (χ1) is 9.72. The van der Waals surface area contributed by atoms with Crippen LogP contribution >= 0.6 is 0 Å². The molecule has 0 aliphatic rings. The highest BCUT2D eigenvalue weighted by molar-refractivity contribution is 6.25. The lowest BCUT2D eigenvalue weighted by atomic mass is 10.2. The maximum atomic E-state index is 11.0. The summed E-state index contributed by atoms with van der Waals surface area (Å²) >= 11 is 0. The van der Waals surface area contributed by atoms with Crippen molar-refractivity contribution in [1.29, 1.82) is 0 Å². The summed E-state index contributed by atoms with van der Waals surface area (Å²) in [6, 6.07) is 10.4. The fraction of sp³-hybridized carbons (Fsp3) is 0.467. The molecule has 0 saturated heterocycles. The number of nitrogens with zero attached hydrogens (tertiary/aromatic N) is 2. The van der Waals surface area contributed by atoms with Gasteiger partial charge in [0.1, 0.15) is 6.21 Å². The van der Waals surface area contributed by atoms with E-state index in [-0.39, 0.29) is 5.91 Å². The van der Waals surface area contributed by atoms with Crippen LogP contribution in [0.3, 0.4) is 0 Å². The third kappa shape index (κ3) is 7.53. The molecular formula is C15H23N3O2. The lowest BCUT2D eigenvalue weighted by Gasteiger charge is -2.16. The molecule has 1 rings (SSSR count). The SMILES string of the molecule is CN(CCCCCNC(=O)/C=N\O)Cc1ccccc1. The number of hydrogen-bond donors (Lipinski definition) is 2. The van der Waals surface area contributed by atoms with Gasteiger partial charge in [-0.2, -0.15) is 0 Å². The minimum absolute atomic E-state index is 0.353. The van der Waals surface area contributed by atoms with E-state index >= 15 is 0 Å².